The summed E-state index contributed by atoms with van der Waals surface area (Å²) >= 11 is 6.00. The van der Waals surface area contributed by atoms with Gasteiger partial charge in [-0.25, -0.2) is 4.39 Å². The number of hydrogen-bond donors (Lipinski definition) is 1. The Balaban J connectivity index is 2.11. The number of rotatable bonds is 3. The molecule has 0 aliphatic rings. The normalized spacial score (nSPS) is 12.8. The summed E-state index contributed by atoms with van der Waals surface area (Å²) in [5.41, 5.74) is 2.41. The number of benzene rings is 2. The van der Waals surface area contributed by atoms with Crippen molar-refractivity contribution in [1.82, 2.24) is 5.32 Å². The number of hydrogen-bond acceptors (Lipinski definition) is 2. The Morgan fingerprint density at radius 1 is 1.19 bits per heavy atom. The van der Waals surface area contributed by atoms with Crippen molar-refractivity contribution in [3.05, 3.63) is 70.2 Å². The Bertz CT molecular complexity index is 797. The molecule has 1 atom stereocenters. The molecule has 3 rings (SSSR count). The third-order valence-corrected chi connectivity index (χ3v) is 3.87. The van der Waals surface area contributed by atoms with Gasteiger partial charge in [0.15, 0.2) is 11.4 Å². The maximum atomic E-state index is 13.8. The summed E-state index contributed by atoms with van der Waals surface area (Å²) in [6.45, 7) is 1.99. The zero-order chi connectivity index (χ0) is 15.0. The highest BCUT2D eigenvalue weighted by Gasteiger charge is 2.19. The molecule has 2 nitrogen and oxygen atoms in total. The number of aryl methyl sites for hydroxylation is 1. The molecular weight excluding hydrogens is 289 g/mol. The summed E-state index contributed by atoms with van der Waals surface area (Å²) < 4.78 is 19.5. The van der Waals surface area contributed by atoms with Crippen LogP contribution in [0.3, 0.4) is 0 Å². The van der Waals surface area contributed by atoms with E-state index in [-0.39, 0.29) is 11.9 Å². The van der Waals surface area contributed by atoms with Gasteiger partial charge in [0, 0.05) is 10.4 Å². The van der Waals surface area contributed by atoms with Gasteiger partial charge in [-0.15, -0.1) is 0 Å². The zero-order valence-corrected chi connectivity index (χ0v) is 12.5. The molecule has 0 bridgehead atoms. The van der Waals surface area contributed by atoms with Crippen LogP contribution in [0.1, 0.15) is 22.9 Å². The molecule has 0 spiro atoms. The second-order valence-corrected chi connectivity index (χ2v) is 5.47. The van der Waals surface area contributed by atoms with Crippen LogP contribution in [0.2, 0.25) is 5.02 Å². The summed E-state index contributed by atoms with van der Waals surface area (Å²) in [7, 11) is 1.85. The van der Waals surface area contributed by atoms with Crippen LogP contribution in [0.15, 0.2) is 46.9 Å². The van der Waals surface area contributed by atoms with Crippen LogP contribution in [-0.4, -0.2) is 7.05 Å². The van der Waals surface area contributed by atoms with Crippen LogP contribution in [0.5, 0.6) is 0 Å². The number of furan rings is 1. The highest BCUT2D eigenvalue weighted by atomic mass is 35.5. The molecule has 0 saturated heterocycles. The lowest BCUT2D eigenvalue weighted by atomic mass is 9.99. The van der Waals surface area contributed by atoms with Crippen LogP contribution in [0, 0.1) is 12.7 Å². The average molecular weight is 304 g/mol. The lowest BCUT2D eigenvalue weighted by Crippen LogP contribution is -2.18. The fourth-order valence-corrected chi connectivity index (χ4v) is 2.83. The largest absolute Gasteiger partial charge is 0.456 e. The van der Waals surface area contributed by atoms with E-state index in [4.69, 9.17) is 16.0 Å². The van der Waals surface area contributed by atoms with Crippen molar-refractivity contribution in [2.24, 2.45) is 0 Å². The number of fused-ring (bicyclic) bond motifs is 1. The summed E-state index contributed by atoms with van der Waals surface area (Å²) in [6.07, 6.45) is 0. The second kappa shape index (κ2) is 5.51. The van der Waals surface area contributed by atoms with Gasteiger partial charge in [-0.1, -0.05) is 29.8 Å². The molecule has 21 heavy (non-hydrogen) atoms. The summed E-state index contributed by atoms with van der Waals surface area (Å²) in [4.78, 5) is 0. The van der Waals surface area contributed by atoms with E-state index in [2.05, 4.69) is 5.32 Å². The van der Waals surface area contributed by atoms with Gasteiger partial charge in [-0.3, -0.25) is 0 Å². The monoisotopic (exact) mass is 303 g/mol. The van der Waals surface area contributed by atoms with E-state index in [9.17, 15) is 4.39 Å². The van der Waals surface area contributed by atoms with Crippen molar-refractivity contribution in [3.8, 4) is 0 Å². The van der Waals surface area contributed by atoms with E-state index < -0.39 is 0 Å². The summed E-state index contributed by atoms with van der Waals surface area (Å²) in [6, 6.07) is 12.4. The number of nitrogens with one attached hydrogen (secondary N) is 1. The van der Waals surface area contributed by atoms with E-state index in [0.29, 0.717) is 16.4 Å². The number of para-hydroxylation sites is 1. The van der Waals surface area contributed by atoms with E-state index >= 15 is 0 Å². The standard InChI is InChI=1S/C17H15ClFNO/c1-10-8-12(18)6-7-13(10)16(20-2)15-9-11-4-3-5-14(19)17(11)21-15/h3-9,16,20H,1-2H3. The molecule has 1 unspecified atom stereocenters. The lowest BCUT2D eigenvalue weighted by Gasteiger charge is -2.16. The minimum absolute atomic E-state index is 0.144. The Morgan fingerprint density at radius 3 is 2.67 bits per heavy atom. The molecule has 1 N–H and O–H groups in total. The van der Waals surface area contributed by atoms with Crippen molar-refractivity contribution in [2.75, 3.05) is 7.05 Å². The maximum absolute atomic E-state index is 13.8. The van der Waals surface area contributed by atoms with Gasteiger partial charge in [0.05, 0.1) is 6.04 Å². The van der Waals surface area contributed by atoms with E-state index in [1.54, 1.807) is 6.07 Å². The topological polar surface area (TPSA) is 25.2 Å². The van der Waals surface area contributed by atoms with E-state index in [0.717, 1.165) is 16.5 Å². The first kappa shape index (κ1) is 14.1. The molecule has 0 fully saturated rings. The Kier molecular flexibility index (Phi) is 3.70. The number of halogens is 2. The molecule has 3 aromatic rings. The molecular formula is C17H15ClFNO. The second-order valence-electron chi connectivity index (χ2n) is 5.03. The van der Waals surface area contributed by atoms with Crippen LogP contribution in [0.4, 0.5) is 4.39 Å². The van der Waals surface area contributed by atoms with Crippen LogP contribution < -0.4 is 5.32 Å². The maximum Gasteiger partial charge on any atom is 0.169 e. The average Bonchev–Trinajstić information content (AvgIpc) is 2.87. The Hall–Kier alpha value is -1.84. The first-order valence-corrected chi connectivity index (χ1v) is 7.09. The van der Waals surface area contributed by atoms with E-state index in [1.807, 2.05) is 44.3 Å². The molecule has 0 aliphatic carbocycles. The molecule has 0 saturated carbocycles. The fourth-order valence-electron chi connectivity index (χ4n) is 2.60. The minimum atomic E-state index is -0.346. The molecule has 1 aromatic heterocycles. The predicted octanol–water partition coefficient (Wildman–Crippen LogP) is 4.84. The Morgan fingerprint density at radius 2 is 2.00 bits per heavy atom. The molecule has 4 heteroatoms. The highest BCUT2D eigenvalue weighted by Crippen LogP contribution is 2.31. The quantitative estimate of drug-likeness (QED) is 0.749. The fraction of sp³-hybridized carbons (Fsp3) is 0.176. The van der Waals surface area contributed by atoms with Gasteiger partial charge in [0.25, 0.3) is 0 Å². The van der Waals surface area contributed by atoms with Crippen molar-refractivity contribution in [3.63, 3.8) is 0 Å². The minimum Gasteiger partial charge on any atom is -0.456 e. The van der Waals surface area contributed by atoms with Gasteiger partial charge < -0.3 is 9.73 Å². The van der Waals surface area contributed by atoms with Gasteiger partial charge in [0.2, 0.25) is 0 Å². The van der Waals surface area contributed by atoms with Crippen molar-refractivity contribution < 1.29 is 8.81 Å². The zero-order valence-electron chi connectivity index (χ0n) is 11.8. The molecule has 0 radical (unpaired) electrons. The lowest BCUT2D eigenvalue weighted by molar-refractivity contribution is 0.475. The molecule has 1 heterocycles. The van der Waals surface area contributed by atoms with Crippen molar-refractivity contribution in [1.29, 1.82) is 0 Å². The third-order valence-electron chi connectivity index (χ3n) is 3.63. The Labute approximate surface area is 127 Å². The molecule has 0 aliphatic heterocycles. The molecule has 0 amide bonds. The first-order chi connectivity index (χ1) is 10.1. The van der Waals surface area contributed by atoms with Crippen LogP contribution in [0.25, 0.3) is 11.0 Å². The molecule has 108 valence electrons. The van der Waals surface area contributed by atoms with Crippen molar-refractivity contribution >= 4 is 22.6 Å². The van der Waals surface area contributed by atoms with Crippen molar-refractivity contribution in [2.45, 2.75) is 13.0 Å². The highest BCUT2D eigenvalue weighted by molar-refractivity contribution is 6.30. The van der Waals surface area contributed by atoms with E-state index in [1.165, 1.54) is 6.07 Å². The SMILES string of the molecule is CNC(c1cc2cccc(F)c2o1)c1ccc(Cl)cc1C. The predicted molar refractivity (Wildman–Crippen MR) is 83.3 cm³/mol. The van der Waals surface area contributed by atoms with Gasteiger partial charge in [0.1, 0.15) is 5.76 Å². The van der Waals surface area contributed by atoms with Crippen LogP contribution >= 0.6 is 11.6 Å². The first-order valence-electron chi connectivity index (χ1n) is 6.71. The summed E-state index contributed by atoms with van der Waals surface area (Å²) in [5, 5.41) is 4.67. The van der Waals surface area contributed by atoms with Gasteiger partial charge in [-0.05, 0) is 49.4 Å². The third kappa shape index (κ3) is 2.55. The summed E-state index contributed by atoms with van der Waals surface area (Å²) in [5.74, 6) is 0.337. The van der Waals surface area contributed by atoms with Gasteiger partial charge in [-0.2, -0.15) is 0 Å². The molecule has 2 aromatic carbocycles. The van der Waals surface area contributed by atoms with Crippen LogP contribution in [-0.2, 0) is 0 Å². The van der Waals surface area contributed by atoms with Gasteiger partial charge >= 0.3 is 0 Å². The smallest absolute Gasteiger partial charge is 0.169 e.